The molecule has 7 heteroatoms. The third kappa shape index (κ3) is 4.28. The third-order valence-corrected chi connectivity index (χ3v) is 7.00. The molecule has 2 aromatic carbocycles. The van der Waals surface area contributed by atoms with E-state index in [2.05, 4.69) is 51.3 Å². The summed E-state index contributed by atoms with van der Waals surface area (Å²) in [6.07, 6.45) is 0.802. The lowest BCUT2D eigenvalue weighted by Gasteiger charge is -2.35. The lowest BCUT2D eigenvalue weighted by Crippen LogP contribution is -2.46. The average Bonchev–Trinajstić information content (AvgIpc) is 2.84. The molecule has 0 saturated carbocycles. The van der Waals surface area contributed by atoms with Crippen LogP contribution in [0.5, 0.6) is 0 Å². The van der Waals surface area contributed by atoms with Crippen LogP contribution in [0.15, 0.2) is 48.5 Å². The number of nitrogens with zero attached hydrogens (tertiary/aromatic N) is 3. The molecule has 1 aromatic heterocycles. The van der Waals surface area contributed by atoms with Crippen LogP contribution in [0.3, 0.4) is 0 Å². The number of nitrogens with two attached hydrogens (primary N) is 1. The Labute approximate surface area is 199 Å². The van der Waals surface area contributed by atoms with Crippen molar-refractivity contribution >= 4 is 29.0 Å². The molecule has 0 spiro atoms. The summed E-state index contributed by atoms with van der Waals surface area (Å²) in [6, 6.07) is 16.3. The van der Waals surface area contributed by atoms with Gasteiger partial charge >= 0.3 is 0 Å². The van der Waals surface area contributed by atoms with Crippen LogP contribution >= 0.6 is 11.6 Å². The second-order valence-corrected chi connectivity index (χ2v) is 8.96. The van der Waals surface area contributed by atoms with Gasteiger partial charge in [0.25, 0.3) is 5.91 Å². The topological polar surface area (TPSA) is 74.5 Å². The molecule has 6 nitrogen and oxygen atoms in total. The molecule has 2 aliphatic heterocycles. The minimum atomic E-state index is -0.0260. The van der Waals surface area contributed by atoms with Crippen molar-refractivity contribution in [2.24, 2.45) is 0 Å². The van der Waals surface area contributed by atoms with Crippen LogP contribution in [0.1, 0.15) is 22.8 Å². The Bertz CT molecular complexity index is 1190. The highest BCUT2D eigenvalue weighted by atomic mass is 35.5. The van der Waals surface area contributed by atoms with Crippen LogP contribution in [0.4, 0.5) is 11.5 Å². The molecule has 3 N–H and O–H groups in total. The van der Waals surface area contributed by atoms with E-state index in [1.165, 1.54) is 5.69 Å². The number of carbonyl (C=O) groups is 1. The quantitative estimate of drug-likeness (QED) is 0.573. The van der Waals surface area contributed by atoms with Gasteiger partial charge in [-0.25, -0.2) is 4.98 Å². The fraction of sp³-hybridized carbons (Fsp3) is 0.308. The summed E-state index contributed by atoms with van der Waals surface area (Å²) >= 11 is 6.52. The van der Waals surface area contributed by atoms with Crippen molar-refractivity contribution in [1.82, 2.24) is 15.2 Å². The molecule has 1 amide bonds. The molecule has 1 fully saturated rings. The Morgan fingerprint density at radius 3 is 2.42 bits per heavy atom. The maximum absolute atomic E-state index is 12.1. The standard InChI is InChI=1S/C26H28ClN5O/c1-2-31-11-13-32(14-12-31)20-6-3-17(4-7-20)22-16-23(25(28)30-24(22)27)18-5-8-21-19(15-18)9-10-29-26(21)33/h3-8,15-16H,2,9-14H2,1H3,(H2,28,30)(H,29,33). The maximum Gasteiger partial charge on any atom is 0.251 e. The molecule has 5 rings (SSSR count). The largest absolute Gasteiger partial charge is 0.383 e. The number of anilines is 2. The van der Waals surface area contributed by atoms with Gasteiger partial charge in [-0.05, 0) is 53.9 Å². The van der Waals surface area contributed by atoms with Gasteiger partial charge in [0.05, 0.1) is 0 Å². The molecule has 170 valence electrons. The second-order valence-electron chi connectivity index (χ2n) is 8.61. The van der Waals surface area contributed by atoms with Crippen molar-refractivity contribution in [2.45, 2.75) is 13.3 Å². The van der Waals surface area contributed by atoms with Crippen molar-refractivity contribution in [1.29, 1.82) is 0 Å². The third-order valence-electron chi connectivity index (χ3n) is 6.71. The molecule has 0 aliphatic carbocycles. The number of nitrogen functional groups attached to an aromatic ring is 1. The first kappa shape index (κ1) is 21.7. The van der Waals surface area contributed by atoms with E-state index < -0.39 is 0 Å². The highest BCUT2D eigenvalue weighted by molar-refractivity contribution is 6.32. The fourth-order valence-corrected chi connectivity index (χ4v) is 4.96. The smallest absolute Gasteiger partial charge is 0.251 e. The number of hydrogen-bond donors (Lipinski definition) is 2. The summed E-state index contributed by atoms with van der Waals surface area (Å²) in [5.74, 6) is 0.358. The highest BCUT2D eigenvalue weighted by Crippen LogP contribution is 2.36. The number of amides is 1. The first-order chi connectivity index (χ1) is 16.0. The van der Waals surface area contributed by atoms with Gasteiger partial charge in [-0.1, -0.05) is 42.8 Å². The number of hydrogen-bond acceptors (Lipinski definition) is 5. The Morgan fingerprint density at radius 1 is 0.970 bits per heavy atom. The summed E-state index contributed by atoms with van der Waals surface area (Å²) in [7, 11) is 0. The summed E-state index contributed by atoms with van der Waals surface area (Å²) in [4.78, 5) is 21.4. The Balaban J connectivity index is 1.44. The van der Waals surface area contributed by atoms with Gasteiger partial charge in [0, 0.05) is 55.1 Å². The SMILES string of the molecule is CCN1CCN(c2ccc(-c3cc(-c4ccc5c(c4)CCNC5=O)c(N)nc3Cl)cc2)CC1. The van der Waals surface area contributed by atoms with Crippen molar-refractivity contribution in [2.75, 3.05) is 49.9 Å². The lowest BCUT2D eigenvalue weighted by atomic mass is 9.94. The van der Waals surface area contributed by atoms with Gasteiger partial charge in [-0.3, -0.25) is 4.79 Å². The van der Waals surface area contributed by atoms with E-state index in [0.717, 1.165) is 72.5 Å². The predicted molar refractivity (Wildman–Crippen MR) is 135 cm³/mol. The van der Waals surface area contributed by atoms with E-state index in [1.54, 1.807) is 0 Å². The zero-order valence-corrected chi connectivity index (χ0v) is 19.5. The molecule has 33 heavy (non-hydrogen) atoms. The predicted octanol–water partition coefficient (Wildman–Crippen LogP) is 4.08. The first-order valence-corrected chi connectivity index (χ1v) is 11.9. The molecule has 3 aromatic rings. The molecule has 1 saturated heterocycles. The number of piperazine rings is 1. The van der Waals surface area contributed by atoms with E-state index in [-0.39, 0.29) is 5.91 Å². The fourth-order valence-electron chi connectivity index (χ4n) is 4.71. The van der Waals surface area contributed by atoms with Crippen molar-refractivity contribution in [3.8, 4) is 22.3 Å². The van der Waals surface area contributed by atoms with Gasteiger partial charge in [0.15, 0.2) is 0 Å². The van der Waals surface area contributed by atoms with E-state index in [4.69, 9.17) is 17.3 Å². The van der Waals surface area contributed by atoms with Gasteiger partial charge in [-0.15, -0.1) is 0 Å². The van der Waals surface area contributed by atoms with E-state index in [0.29, 0.717) is 17.5 Å². The van der Waals surface area contributed by atoms with Crippen molar-refractivity contribution in [3.63, 3.8) is 0 Å². The molecule has 0 atom stereocenters. The van der Waals surface area contributed by atoms with Crippen LogP contribution < -0.4 is 16.0 Å². The maximum atomic E-state index is 12.1. The van der Waals surface area contributed by atoms with E-state index in [1.807, 2.05) is 24.3 Å². The second kappa shape index (κ2) is 9.04. The zero-order chi connectivity index (χ0) is 22.9. The Hall–Kier alpha value is -3.09. The molecule has 0 bridgehead atoms. The number of pyridine rings is 1. The highest BCUT2D eigenvalue weighted by Gasteiger charge is 2.19. The number of aromatic nitrogens is 1. The number of halogens is 1. The van der Waals surface area contributed by atoms with Crippen LogP contribution in [-0.2, 0) is 6.42 Å². The summed E-state index contributed by atoms with van der Waals surface area (Å²) < 4.78 is 0. The summed E-state index contributed by atoms with van der Waals surface area (Å²) in [5.41, 5.74) is 12.8. The lowest BCUT2D eigenvalue weighted by molar-refractivity contribution is 0.0946. The molecular weight excluding hydrogens is 434 g/mol. The zero-order valence-electron chi connectivity index (χ0n) is 18.8. The van der Waals surface area contributed by atoms with Gasteiger partial charge < -0.3 is 20.9 Å². The number of fused-ring (bicyclic) bond motifs is 1. The van der Waals surface area contributed by atoms with Crippen LogP contribution in [0, 0.1) is 0 Å². The van der Waals surface area contributed by atoms with Crippen LogP contribution in [0.2, 0.25) is 5.15 Å². The normalized spacial score (nSPS) is 16.4. The van der Waals surface area contributed by atoms with E-state index >= 15 is 0 Å². The number of rotatable bonds is 4. The van der Waals surface area contributed by atoms with E-state index in [9.17, 15) is 4.79 Å². The Morgan fingerprint density at radius 2 is 1.70 bits per heavy atom. The minimum absolute atomic E-state index is 0.0260. The first-order valence-electron chi connectivity index (χ1n) is 11.5. The van der Waals surface area contributed by atoms with Gasteiger partial charge in [0.1, 0.15) is 11.0 Å². The summed E-state index contributed by atoms with van der Waals surface area (Å²) in [6.45, 7) is 8.24. The monoisotopic (exact) mass is 461 g/mol. The molecule has 3 heterocycles. The van der Waals surface area contributed by atoms with Crippen molar-refractivity contribution < 1.29 is 4.79 Å². The number of carbonyl (C=O) groups excluding carboxylic acids is 1. The molecule has 0 unspecified atom stereocenters. The number of nitrogens with one attached hydrogen (secondary N) is 1. The molecule has 0 radical (unpaired) electrons. The number of likely N-dealkylation sites (N-methyl/N-ethyl adjacent to an activating group) is 1. The average molecular weight is 462 g/mol. The van der Waals surface area contributed by atoms with Crippen LogP contribution in [0.25, 0.3) is 22.3 Å². The van der Waals surface area contributed by atoms with Gasteiger partial charge in [-0.2, -0.15) is 0 Å². The molecule has 2 aliphatic rings. The number of benzene rings is 2. The minimum Gasteiger partial charge on any atom is -0.383 e. The van der Waals surface area contributed by atoms with Crippen molar-refractivity contribution in [3.05, 3.63) is 64.8 Å². The Kier molecular flexibility index (Phi) is 5.96. The summed E-state index contributed by atoms with van der Waals surface area (Å²) in [5, 5.41) is 3.27. The molecular formula is C26H28ClN5O. The van der Waals surface area contributed by atoms with Crippen LogP contribution in [-0.4, -0.2) is 55.1 Å². The van der Waals surface area contributed by atoms with Gasteiger partial charge in [0.2, 0.25) is 0 Å².